The summed E-state index contributed by atoms with van der Waals surface area (Å²) < 4.78 is 5.99. The molecule has 0 aliphatic rings. The Labute approximate surface area is 153 Å². The van der Waals surface area contributed by atoms with Crippen LogP contribution in [0.5, 0.6) is 11.6 Å². The van der Waals surface area contributed by atoms with Crippen molar-refractivity contribution in [1.82, 2.24) is 15.3 Å². The first-order valence-electron chi connectivity index (χ1n) is 8.63. The van der Waals surface area contributed by atoms with E-state index in [1.165, 1.54) is 6.20 Å². The van der Waals surface area contributed by atoms with Crippen molar-refractivity contribution in [1.29, 1.82) is 0 Å². The average Bonchev–Trinajstić information content (AvgIpc) is 2.68. The maximum atomic E-state index is 12.5. The number of nitrogens with zero attached hydrogens (tertiary/aromatic N) is 2. The molecule has 132 valence electrons. The number of amides is 1. The van der Waals surface area contributed by atoms with Crippen molar-refractivity contribution in [3.63, 3.8) is 0 Å². The van der Waals surface area contributed by atoms with Gasteiger partial charge in [0.2, 0.25) is 5.88 Å². The zero-order chi connectivity index (χ0) is 18.4. The van der Waals surface area contributed by atoms with Gasteiger partial charge in [0.05, 0.1) is 0 Å². The molecule has 0 aliphatic carbocycles. The second-order valence-corrected chi connectivity index (χ2v) is 5.90. The highest BCUT2D eigenvalue weighted by molar-refractivity contribution is 5.96. The van der Waals surface area contributed by atoms with E-state index in [9.17, 15) is 4.79 Å². The minimum atomic E-state index is -0.241. The van der Waals surface area contributed by atoms with Gasteiger partial charge in [-0.2, -0.15) is 4.98 Å². The summed E-state index contributed by atoms with van der Waals surface area (Å²) in [4.78, 5) is 21.3. The predicted octanol–water partition coefficient (Wildman–Crippen LogP) is 4.38. The maximum absolute atomic E-state index is 12.5. The Hall–Kier alpha value is -3.21. The van der Waals surface area contributed by atoms with E-state index in [-0.39, 0.29) is 11.8 Å². The molecular formula is C21H21N3O2. The van der Waals surface area contributed by atoms with Crippen LogP contribution in [0.3, 0.4) is 0 Å². The van der Waals surface area contributed by atoms with Gasteiger partial charge in [-0.3, -0.25) is 4.79 Å². The molecule has 0 bridgehead atoms. The predicted molar refractivity (Wildman–Crippen MR) is 101 cm³/mol. The number of ether oxygens (including phenoxy) is 1. The molecule has 0 unspecified atom stereocenters. The van der Waals surface area contributed by atoms with Gasteiger partial charge in [0.15, 0.2) is 5.82 Å². The molecule has 1 amide bonds. The first-order chi connectivity index (χ1) is 12.7. The lowest BCUT2D eigenvalue weighted by atomic mass is 10.2. The van der Waals surface area contributed by atoms with Crippen LogP contribution in [0.2, 0.25) is 0 Å². The third-order valence-corrected chi connectivity index (χ3v) is 3.87. The van der Waals surface area contributed by atoms with Gasteiger partial charge in [-0.25, -0.2) is 4.98 Å². The normalized spacial score (nSPS) is 10.4. The smallest absolute Gasteiger partial charge is 0.258 e. The summed E-state index contributed by atoms with van der Waals surface area (Å²) in [5.74, 6) is 1.19. The van der Waals surface area contributed by atoms with E-state index in [2.05, 4.69) is 15.3 Å². The first kappa shape index (κ1) is 17.6. The summed E-state index contributed by atoms with van der Waals surface area (Å²) in [5.41, 5.74) is 2.15. The number of hydrogen-bond donors (Lipinski definition) is 1. The molecule has 2 aromatic carbocycles. The van der Waals surface area contributed by atoms with Gasteiger partial charge >= 0.3 is 0 Å². The van der Waals surface area contributed by atoms with Crippen molar-refractivity contribution in [2.45, 2.75) is 20.3 Å². The van der Waals surface area contributed by atoms with E-state index >= 15 is 0 Å². The van der Waals surface area contributed by atoms with Gasteiger partial charge in [-0.15, -0.1) is 0 Å². The highest BCUT2D eigenvalue weighted by atomic mass is 16.5. The van der Waals surface area contributed by atoms with Crippen molar-refractivity contribution in [3.05, 3.63) is 71.9 Å². The van der Waals surface area contributed by atoms with Gasteiger partial charge in [0.1, 0.15) is 11.3 Å². The number of hydrogen-bond acceptors (Lipinski definition) is 4. The molecule has 0 saturated carbocycles. The Morgan fingerprint density at radius 1 is 1.08 bits per heavy atom. The third-order valence-electron chi connectivity index (χ3n) is 3.87. The Balaban J connectivity index is 2.01. The zero-order valence-electron chi connectivity index (χ0n) is 14.9. The summed E-state index contributed by atoms with van der Waals surface area (Å²) in [6.45, 7) is 4.54. The molecule has 0 atom stereocenters. The summed E-state index contributed by atoms with van der Waals surface area (Å²) in [6.07, 6.45) is 2.37. The molecule has 0 saturated heterocycles. The fourth-order valence-corrected chi connectivity index (χ4v) is 2.43. The minimum absolute atomic E-state index is 0.241. The highest BCUT2D eigenvalue weighted by Crippen LogP contribution is 2.28. The van der Waals surface area contributed by atoms with Crippen LogP contribution in [-0.4, -0.2) is 22.4 Å². The molecule has 0 fully saturated rings. The fourth-order valence-electron chi connectivity index (χ4n) is 2.43. The highest BCUT2D eigenvalue weighted by Gasteiger charge is 2.17. The summed E-state index contributed by atoms with van der Waals surface area (Å²) in [6, 6.07) is 17.2. The topological polar surface area (TPSA) is 64.1 Å². The molecule has 5 nitrogen and oxygen atoms in total. The maximum Gasteiger partial charge on any atom is 0.258 e. The van der Waals surface area contributed by atoms with Crippen LogP contribution in [0.4, 0.5) is 0 Å². The van der Waals surface area contributed by atoms with Gasteiger partial charge in [-0.1, -0.05) is 55.5 Å². The molecule has 1 heterocycles. The van der Waals surface area contributed by atoms with E-state index in [0.29, 0.717) is 23.7 Å². The summed E-state index contributed by atoms with van der Waals surface area (Å²) in [7, 11) is 0. The largest absolute Gasteiger partial charge is 0.438 e. The van der Waals surface area contributed by atoms with Crippen LogP contribution in [0.25, 0.3) is 11.4 Å². The molecule has 0 spiro atoms. The van der Waals surface area contributed by atoms with Crippen LogP contribution >= 0.6 is 0 Å². The van der Waals surface area contributed by atoms with Gasteiger partial charge in [-0.05, 0) is 25.0 Å². The number of aromatic nitrogens is 2. The standard InChI is InChI=1S/C21H21N3O2/c1-3-13-22-20(25)17-14-23-19(16-10-5-4-6-11-16)24-21(17)26-18-12-8-7-9-15(18)2/h4-12,14H,3,13H2,1-2H3,(H,22,25). The van der Waals surface area contributed by atoms with Crippen LogP contribution in [0.15, 0.2) is 60.8 Å². The van der Waals surface area contributed by atoms with Crippen LogP contribution in [0.1, 0.15) is 29.3 Å². The first-order valence-corrected chi connectivity index (χ1v) is 8.63. The van der Waals surface area contributed by atoms with E-state index < -0.39 is 0 Å². The molecule has 26 heavy (non-hydrogen) atoms. The monoisotopic (exact) mass is 347 g/mol. The second kappa shape index (κ2) is 8.25. The number of rotatable bonds is 6. The summed E-state index contributed by atoms with van der Waals surface area (Å²) in [5, 5.41) is 2.85. The van der Waals surface area contributed by atoms with Crippen molar-refractivity contribution in [2.75, 3.05) is 6.54 Å². The Morgan fingerprint density at radius 3 is 2.54 bits per heavy atom. The molecule has 3 aromatic rings. The Bertz CT molecular complexity index is 895. The van der Waals surface area contributed by atoms with Gasteiger partial charge < -0.3 is 10.1 Å². The number of carbonyl (C=O) groups excluding carboxylic acids is 1. The molecule has 0 radical (unpaired) electrons. The van der Waals surface area contributed by atoms with Gasteiger partial charge in [0, 0.05) is 18.3 Å². The molecule has 1 N–H and O–H groups in total. The molecular weight excluding hydrogens is 326 g/mol. The SMILES string of the molecule is CCCNC(=O)c1cnc(-c2ccccc2)nc1Oc1ccccc1C. The van der Waals surface area contributed by atoms with Crippen molar-refractivity contribution in [3.8, 4) is 23.0 Å². The van der Waals surface area contributed by atoms with Crippen molar-refractivity contribution >= 4 is 5.91 Å². The number of nitrogens with one attached hydrogen (secondary N) is 1. The van der Waals surface area contributed by atoms with Crippen LogP contribution < -0.4 is 10.1 Å². The number of para-hydroxylation sites is 1. The Kier molecular flexibility index (Phi) is 5.59. The van der Waals surface area contributed by atoms with Crippen LogP contribution in [-0.2, 0) is 0 Å². The molecule has 3 rings (SSSR count). The average molecular weight is 347 g/mol. The molecule has 1 aromatic heterocycles. The summed E-state index contributed by atoms with van der Waals surface area (Å²) >= 11 is 0. The van der Waals surface area contributed by atoms with E-state index in [1.54, 1.807) is 0 Å². The van der Waals surface area contributed by atoms with E-state index in [4.69, 9.17) is 4.74 Å². The van der Waals surface area contributed by atoms with E-state index in [0.717, 1.165) is 17.5 Å². The zero-order valence-corrected chi connectivity index (χ0v) is 14.9. The fraction of sp³-hybridized carbons (Fsp3) is 0.190. The molecule has 0 aliphatic heterocycles. The molecule has 5 heteroatoms. The van der Waals surface area contributed by atoms with Gasteiger partial charge in [0.25, 0.3) is 5.91 Å². The Morgan fingerprint density at radius 2 is 1.81 bits per heavy atom. The second-order valence-electron chi connectivity index (χ2n) is 5.90. The number of benzene rings is 2. The third kappa shape index (κ3) is 4.06. The van der Waals surface area contributed by atoms with Crippen molar-refractivity contribution in [2.24, 2.45) is 0 Å². The quantitative estimate of drug-likeness (QED) is 0.718. The lowest BCUT2D eigenvalue weighted by Gasteiger charge is -2.13. The lowest BCUT2D eigenvalue weighted by Crippen LogP contribution is -2.25. The van der Waals surface area contributed by atoms with Crippen LogP contribution in [0, 0.1) is 6.92 Å². The number of aryl methyl sites for hydroxylation is 1. The number of carbonyl (C=O) groups is 1. The lowest BCUT2D eigenvalue weighted by molar-refractivity contribution is 0.0950. The van der Waals surface area contributed by atoms with Crippen molar-refractivity contribution < 1.29 is 9.53 Å². The van der Waals surface area contributed by atoms with E-state index in [1.807, 2.05) is 68.4 Å². The minimum Gasteiger partial charge on any atom is -0.438 e.